The lowest BCUT2D eigenvalue weighted by Crippen LogP contribution is -2.34. The van der Waals surface area contributed by atoms with Crippen molar-refractivity contribution in [2.24, 2.45) is 0 Å². The third-order valence-corrected chi connectivity index (χ3v) is 5.09. The van der Waals surface area contributed by atoms with Gasteiger partial charge in [-0.1, -0.05) is 78.9 Å². The summed E-state index contributed by atoms with van der Waals surface area (Å²) >= 11 is 5.39. The molecule has 0 saturated heterocycles. The first-order chi connectivity index (χ1) is 15.2. The molecular weight excluding hydrogens is 404 g/mol. The molecule has 0 aromatic heterocycles. The molecule has 4 rings (SSSR count). The average molecular weight is 427 g/mol. The molecule has 0 aliphatic rings. The van der Waals surface area contributed by atoms with Gasteiger partial charge in [0.1, 0.15) is 5.75 Å². The highest BCUT2D eigenvalue weighted by Crippen LogP contribution is 2.23. The zero-order valence-corrected chi connectivity index (χ0v) is 17.7. The number of ether oxygens (including phenoxy) is 1. The molecule has 0 aliphatic heterocycles. The minimum atomic E-state index is -0.312. The van der Waals surface area contributed by atoms with Crippen LogP contribution in [-0.4, -0.2) is 17.6 Å². The second-order valence-electron chi connectivity index (χ2n) is 7.02. The van der Waals surface area contributed by atoms with Crippen LogP contribution in [0.25, 0.3) is 10.8 Å². The highest BCUT2D eigenvalue weighted by molar-refractivity contribution is 7.80. The Morgan fingerprint density at radius 1 is 0.806 bits per heavy atom. The maximum atomic E-state index is 12.8. The molecule has 0 saturated carbocycles. The van der Waals surface area contributed by atoms with Gasteiger partial charge in [-0.25, -0.2) is 0 Å². The zero-order chi connectivity index (χ0) is 21.5. The molecule has 0 unspecified atom stereocenters. The van der Waals surface area contributed by atoms with Gasteiger partial charge in [-0.2, -0.15) is 0 Å². The van der Waals surface area contributed by atoms with Crippen LogP contribution in [0.3, 0.4) is 0 Å². The summed E-state index contributed by atoms with van der Waals surface area (Å²) in [5.74, 6) is 0.219. The van der Waals surface area contributed by atoms with Gasteiger partial charge in [0.2, 0.25) is 0 Å². The lowest BCUT2D eigenvalue weighted by molar-refractivity contribution is 0.0974. The largest absolute Gasteiger partial charge is 0.492 e. The van der Waals surface area contributed by atoms with Crippen LogP contribution in [-0.2, 0) is 6.42 Å². The molecule has 4 aromatic carbocycles. The van der Waals surface area contributed by atoms with E-state index in [0.717, 1.165) is 22.9 Å². The van der Waals surface area contributed by atoms with Crippen molar-refractivity contribution in [3.63, 3.8) is 0 Å². The first-order valence-electron chi connectivity index (χ1n) is 10.1. The normalized spacial score (nSPS) is 10.5. The molecule has 31 heavy (non-hydrogen) atoms. The van der Waals surface area contributed by atoms with Gasteiger partial charge >= 0.3 is 0 Å². The topological polar surface area (TPSA) is 50.4 Å². The Bertz CT molecular complexity index is 1200. The number of hydrogen-bond acceptors (Lipinski definition) is 3. The van der Waals surface area contributed by atoms with Crippen LogP contribution in [0.15, 0.2) is 97.1 Å². The molecule has 4 nitrogen and oxygen atoms in total. The molecule has 5 heteroatoms. The predicted octanol–water partition coefficient (Wildman–Crippen LogP) is 5.59. The van der Waals surface area contributed by atoms with Crippen molar-refractivity contribution in [3.05, 3.63) is 108 Å². The van der Waals surface area contributed by atoms with Gasteiger partial charge in [0.25, 0.3) is 5.91 Å². The van der Waals surface area contributed by atoms with Crippen molar-refractivity contribution >= 4 is 39.7 Å². The van der Waals surface area contributed by atoms with E-state index in [9.17, 15) is 4.79 Å². The second-order valence-corrected chi connectivity index (χ2v) is 7.42. The number of nitrogens with one attached hydrogen (secondary N) is 2. The maximum absolute atomic E-state index is 12.8. The fourth-order valence-corrected chi connectivity index (χ4v) is 3.56. The first kappa shape index (κ1) is 20.6. The monoisotopic (exact) mass is 426 g/mol. The highest BCUT2D eigenvalue weighted by atomic mass is 32.1. The third kappa shape index (κ3) is 5.27. The summed E-state index contributed by atoms with van der Waals surface area (Å²) in [6, 6.07) is 31.2. The molecule has 0 radical (unpaired) electrons. The molecule has 0 aliphatic carbocycles. The van der Waals surface area contributed by atoms with Crippen LogP contribution in [0.4, 0.5) is 5.69 Å². The molecule has 0 bridgehead atoms. The van der Waals surface area contributed by atoms with Crippen molar-refractivity contribution < 1.29 is 9.53 Å². The van der Waals surface area contributed by atoms with Crippen LogP contribution in [0.2, 0.25) is 0 Å². The smallest absolute Gasteiger partial charge is 0.261 e. The number of thiocarbonyl (C=S) groups is 1. The van der Waals surface area contributed by atoms with Crippen LogP contribution in [0, 0.1) is 0 Å². The minimum absolute atomic E-state index is 0.237. The Morgan fingerprint density at radius 3 is 2.39 bits per heavy atom. The summed E-state index contributed by atoms with van der Waals surface area (Å²) in [7, 11) is 0. The molecule has 0 atom stereocenters. The van der Waals surface area contributed by atoms with Crippen molar-refractivity contribution in [1.82, 2.24) is 5.32 Å². The van der Waals surface area contributed by atoms with E-state index in [1.54, 1.807) is 18.2 Å². The van der Waals surface area contributed by atoms with Gasteiger partial charge < -0.3 is 10.1 Å². The molecule has 4 aromatic rings. The minimum Gasteiger partial charge on any atom is -0.492 e. The predicted molar refractivity (Wildman–Crippen MR) is 130 cm³/mol. The van der Waals surface area contributed by atoms with E-state index in [1.165, 1.54) is 5.56 Å². The molecule has 1 amide bonds. The lowest BCUT2D eigenvalue weighted by Gasteiger charge is -2.14. The quantitative estimate of drug-likeness (QED) is 0.395. The Balaban J connectivity index is 1.40. The summed E-state index contributed by atoms with van der Waals surface area (Å²) in [4.78, 5) is 12.8. The highest BCUT2D eigenvalue weighted by Gasteiger charge is 2.14. The number of rotatable bonds is 6. The number of anilines is 1. The summed E-state index contributed by atoms with van der Waals surface area (Å²) in [6.07, 6.45) is 0.762. The summed E-state index contributed by atoms with van der Waals surface area (Å²) in [5.41, 5.74) is 2.47. The van der Waals surface area contributed by atoms with E-state index >= 15 is 0 Å². The zero-order valence-electron chi connectivity index (χ0n) is 16.9. The Morgan fingerprint density at radius 2 is 1.52 bits per heavy atom. The Labute approximate surface area is 186 Å². The summed E-state index contributed by atoms with van der Waals surface area (Å²) in [5, 5.41) is 8.25. The number of benzene rings is 4. The van der Waals surface area contributed by atoms with E-state index in [2.05, 4.69) is 22.8 Å². The van der Waals surface area contributed by atoms with E-state index in [1.807, 2.05) is 66.7 Å². The van der Waals surface area contributed by atoms with Crippen molar-refractivity contribution in [2.45, 2.75) is 6.42 Å². The lowest BCUT2D eigenvalue weighted by atomic mass is 10.1. The van der Waals surface area contributed by atoms with Crippen LogP contribution < -0.4 is 15.4 Å². The molecule has 0 heterocycles. The van der Waals surface area contributed by atoms with Crippen molar-refractivity contribution in [3.8, 4) is 5.75 Å². The average Bonchev–Trinajstić information content (AvgIpc) is 2.80. The number of carbonyl (C=O) groups excluding carboxylic acids is 1. The standard InChI is InChI=1S/C26H22N2O2S/c29-25(28-26(31)27-23-15-8-12-20-11-4-5-13-21(20)23)22-14-6-7-16-24(22)30-18-17-19-9-2-1-3-10-19/h1-16H,17-18H2,(H2,27,28,29,31). The number of hydrogen-bond donors (Lipinski definition) is 2. The fraction of sp³-hybridized carbons (Fsp3) is 0.0769. The Hall–Kier alpha value is -3.70. The van der Waals surface area contributed by atoms with Gasteiger partial charge in [-0.15, -0.1) is 0 Å². The number of carbonyl (C=O) groups is 1. The number of fused-ring (bicyclic) bond motifs is 1. The maximum Gasteiger partial charge on any atom is 0.261 e. The van der Waals surface area contributed by atoms with Gasteiger partial charge in [0, 0.05) is 17.5 Å². The van der Waals surface area contributed by atoms with Crippen LogP contribution in [0.5, 0.6) is 5.75 Å². The van der Waals surface area contributed by atoms with Gasteiger partial charge in [0.05, 0.1) is 12.2 Å². The first-order valence-corrected chi connectivity index (χ1v) is 10.5. The van der Waals surface area contributed by atoms with Crippen LogP contribution >= 0.6 is 12.2 Å². The third-order valence-electron chi connectivity index (χ3n) is 4.89. The van der Waals surface area contributed by atoms with Crippen molar-refractivity contribution in [1.29, 1.82) is 0 Å². The Kier molecular flexibility index (Phi) is 6.55. The van der Waals surface area contributed by atoms with E-state index < -0.39 is 0 Å². The van der Waals surface area contributed by atoms with Crippen LogP contribution in [0.1, 0.15) is 15.9 Å². The molecule has 0 fully saturated rings. The number of amides is 1. The molecular formula is C26H22N2O2S. The molecule has 0 spiro atoms. The van der Waals surface area contributed by atoms with Gasteiger partial charge in [-0.3, -0.25) is 10.1 Å². The second kappa shape index (κ2) is 9.87. The van der Waals surface area contributed by atoms with E-state index in [0.29, 0.717) is 17.9 Å². The van der Waals surface area contributed by atoms with Gasteiger partial charge in [-0.05, 0) is 41.4 Å². The van der Waals surface area contributed by atoms with E-state index in [4.69, 9.17) is 17.0 Å². The molecule has 154 valence electrons. The van der Waals surface area contributed by atoms with E-state index in [-0.39, 0.29) is 11.0 Å². The van der Waals surface area contributed by atoms with Crippen molar-refractivity contribution in [2.75, 3.05) is 11.9 Å². The molecule has 2 N–H and O–H groups in total. The fourth-order valence-electron chi connectivity index (χ4n) is 3.36. The summed E-state index contributed by atoms with van der Waals surface area (Å²) in [6.45, 7) is 0.479. The number of para-hydroxylation sites is 1. The van der Waals surface area contributed by atoms with Gasteiger partial charge in [0.15, 0.2) is 5.11 Å². The SMILES string of the molecule is O=C(NC(=S)Nc1cccc2ccccc12)c1ccccc1OCCc1ccccc1. The summed E-state index contributed by atoms with van der Waals surface area (Å²) < 4.78 is 5.90.